The minimum Gasteiger partial charge on any atom is -0.353 e. The second-order valence-electron chi connectivity index (χ2n) is 6.40. The highest BCUT2D eigenvalue weighted by molar-refractivity contribution is 6.09. The lowest BCUT2D eigenvalue weighted by atomic mass is 9.96. The molecule has 0 radical (unpaired) electrons. The van der Waals surface area contributed by atoms with E-state index < -0.39 is 11.6 Å². The standard InChI is InChI=1S/C14H22N4O3.ClH/c1-14(9-4-5-9)12(20)18(13(21)17-14)8-11(19)16-7-10-3-2-6-15-10;/h9-10,15H,2-8H2,1H3,(H,16,19)(H,17,21);1H. The van der Waals surface area contributed by atoms with Gasteiger partial charge in [0.2, 0.25) is 5.91 Å². The van der Waals surface area contributed by atoms with Gasteiger partial charge in [-0.2, -0.15) is 0 Å². The van der Waals surface area contributed by atoms with Crippen LogP contribution in [0.1, 0.15) is 32.6 Å². The summed E-state index contributed by atoms with van der Waals surface area (Å²) in [6, 6.07) is -0.155. The van der Waals surface area contributed by atoms with Crippen molar-refractivity contribution in [1.29, 1.82) is 0 Å². The Balaban J connectivity index is 0.00000176. The number of nitrogens with one attached hydrogen (secondary N) is 3. The van der Waals surface area contributed by atoms with Crippen LogP contribution in [0.4, 0.5) is 4.79 Å². The second-order valence-corrected chi connectivity index (χ2v) is 6.40. The van der Waals surface area contributed by atoms with Gasteiger partial charge in [-0.15, -0.1) is 12.4 Å². The maximum Gasteiger partial charge on any atom is 0.325 e. The number of nitrogens with zero attached hydrogens (tertiary/aromatic N) is 1. The number of carbonyl (C=O) groups excluding carboxylic acids is 3. The predicted molar refractivity (Wildman–Crippen MR) is 82.7 cm³/mol. The van der Waals surface area contributed by atoms with E-state index in [1.807, 2.05) is 0 Å². The van der Waals surface area contributed by atoms with Gasteiger partial charge in [0.05, 0.1) is 0 Å². The first-order valence-electron chi connectivity index (χ1n) is 7.65. The molecule has 7 nitrogen and oxygen atoms in total. The van der Waals surface area contributed by atoms with Gasteiger partial charge in [-0.05, 0) is 45.1 Å². The molecule has 0 bridgehead atoms. The molecule has 2 saturated heterocycles. The average Bonchev–Trinajstić information content (AvgIpc) is 3.14. The molecule has 1 aliphatic carbocycles. The third-order valence-electron chi connectivity index (χ3n) is 4.70. The Morgan fingerprint density at radius 2 is 2.09 bits per heavy atom. The summed E-state index contributed by atoms with van der Waals surface area (Å²) in [6.07, 6.45) is 4.07. The molecule has 0 aromatic rings. The van der Waals surface area contributed by atoms with E-state index in [0.29, 0.717) is 12.6 Å². The van der Waals surface area contributed by atoms with Gasteiger partial charge in [0, 0.05) is 12.6 Å². The largest absolute Gasteiger partial charge is 0.353 e. The monoisotopic (exact) mass is 330 g/mol. The molecule has 3 N–H and O–H groups in total. The van der Waals surface area contributed by atoms with Crippen LogP contribution in [-0.4, -0.2) is 54.0 Å². The Bertz CT molecular complexity index is 477. The number of rotatable bonds is 5. The number of halogens is 1. The molecule has 2 heterocycles. The van der Waals surface area contributed by atoms with Crippen molar-refractivity contribution < 1.29 is 14.4 Å². The van der Waals surface area contributed by atoms with E-state index in [1.165, 1.54) is 0 Å². The van der Waals surface area contributed by atoms with Crippen molar-refractivity contribution in [3.8, 4) is 0 Å². The van der Waals surface area contributed by atoms with Crippen LogP contribution in [-0.2, 0) is 9.59 Å². The van der Waals surface area contributed by atoms with E-state index >= 15 is 0 Å². The van der Waals surface area contributed by atoms with Gasteiger partial charge in [0.25, 0.3) is 5.91 Å². The highest BCUT2D eigenvalue weighted by Gasteiger charge is 2.56. The zero-order valence-electron chi connectivity index (χ0n) is 12.7. The first-order chi connectivity index (χ1) is 10.0. The Kier molecular flexibility index (Phi) is 4.97. The van der Waals surface area contributed by atoms with Gasteiger partial charge in [-0.25, -0.2) is 4.79 Å². The van der Waals surface area contributed by atoms with E-state index in [2.05, 4.69) is 16.0 Å². The lowest BCUT2D eigenvalue weighted by Gasteiger charge is -2.21. The Labute approximate surface area is 136 Å². The zero-order valence-corrected chi connectivity index (χ0v) is 13.5. The number of hydrogen-bond acceptors (Lipinski definition) is 4. The molecule has 2 atom stereocenters. The SMILES string of the molecule is CC1(C2CC2)NC(=O)N(CC(=O)NCC2CCCN2)C1=O.Cl. The number of amides is 4. The highest BCUT2D eigenvalue weighted by atomic mass is 35.5. The van der Waals surface area contributed by atoms with Gasteiger partial charge >= 0.3 is 6.03 Å². The van der Waals surface area contributed by atoms with Gasteiger partial charge in [0.1, 0.15) is 12.1 Å². The van der Waals surface area contributed by atoms with Crippen molar-refractivity contribution >= 4 is 30.3 Å². The van der Waals surface area contributed by atoms with Crippen molar-refractivity contribution in [3.05, 3.63) is 0 Å². The summed E-state index contributed by atoms with van der Waals surface area (Å²) < 4.78 is 0. The van der Waals surface area contributed by atoms with E-state index in [9.17, 15) is 14.4 Å². The summed E-state index contributed by atoms with van der Waals surface area (Å²) in [6.45, 7) is 3.08. The third-order valence-corrected chi connectivity index (χ3v) is 4.70. The summed E-state index contributed by atoms with van der Waals surface area (Å²) in [7, 11) is 0. The molecule has 0 aromatic carbocycles. The Hall–Kier alpha value is -1.34. The summed E-state index contributed by atoms with van der Waals surface area (Å²) >= 11 is 0. The molecule has 22 heavy (non-hydrogen) atoms. The fourth-order valence-electron chi connectivity index (χ4n) is 3.16. The predicted octanol–water partition coefficient (Wildman–Crippen LogP) is -0.00310. The van der Waals surface area contributed by atoms with Crippen LogP contribution >= 0.6 is 12.4 Å². The van der Waals surface area contributed by atoms with Crippen molar-refractivity contribution in [2.24, 2.45) is 5.92 Å². The lowest BCUT2D eigenvalue weighted by molar-refractivity contribution is -0.135. The van der Waals surface area contributed by atoms with Crippen LogP contribution in [0.25, 0.3) is 0 Å². The average molecular weight is 331 g/mol. The first kappa shape index (κ1) is 17.0. The van der Waals surface area contributed by atoms with Crippen LogP contribution in [0.5, 0.6) is 0 Å². The molecule has 3 aliphatic rings. The van der Waals surface area contributed by atoms with E-state index in [0.717, 1.165) is 37.1 Å². The van der Waals surface area contributed by atoms with E-state index in [1.54, 1.807) is 6.92 Å². The first-order valence-corrected chi connectivity index (χ1v) is 7.65. The van der Waals surface area contributed by atoms with Crippen molar-refractivity contribution in [1.82, 2.24) is 20.9 Å². The van der Waals surface area contributed by atoms with Crippen LogP contribution in [0.15, 0.2) is 0 Å². The van der Waals surface area contributed by atoms with E-state index in [-0.39, 0.29) is 36.7 Å². The number of urea groups is 1. The second kappa shape index (κ2) is 6.42. The summed E-state index contributed by atoms with van der Waals surface area (Å²) in [5, 5.41) is 8.81. The minimum absolute atomic E-state index is 0. The molecular weight excluding hydrogens is 308 g/mol. The molecule has 4 amide bonds. The summed E-state index contributed by atoms with van der Waals surface area (Å²) in [4.78, 5) is 37.3. The molecule has 124 valence electrons. The smallest absolute Gasteiger partial charge is 0.325 e. The van der Waals surface area contributed by atoms with Crippen LogP contribution in [0.3, 0.4) is 0 Å². The topological polar surface area (TPSA) is 90.5 Å². The van der Waals surface area contributed by atoms with E-state index in [4.69, 9.17) is 0 Å². The number of hydrogen-bond donors (Lipinski definition) is 3. The maximum atomic E-state index is 12.4. The third kappa shape index (κ3) is 3.20. The molecule has 3 fully saturated rings. The van der Waals surface area contributed by atoms with Gasteiger partial charge in [0.15, 0.2) is 0 Å². The molecule has 1 saturated carbocycles. The molecule has 0 spiro atoms. The molecule has 2 unspecified atom stereocenters. The molecule has 3 rings (SSSR count). The van der Waals surface area contributed by atoms with Crippen molar-refractivity contribution in [3.63, 3.8) is 0 Å². The fourth-order valence-corrected chi connectivity index (χ4v) is 3.16. The quantitative estimate of drug-likeness (QED) is 0.619. The highest BCUT2D eigenvalue weighted by Crippen LogP contribution is 2.42. The molecule has 8 heteroatoms. The Morgan fingerprint density at radius 3 is 2.68 bits per heavy atom. The summed E-state index contributed by atoms with van der Waals surface area (Å²) in [5.41, 5.74) is -0.815. The normalized spacial score (nSPS) is 31.0. The van der Waals surface area contributed by atoms with Gasteiger partial charge < -0.3 is 16.0 Å². The van der Waals surface area contributed by atoms with Crippen LogP contribution in [0.2, 0.25) is 0 Å². The minimum atomic E-state index is -0.815. The molecule has 2 aliphatic heterocycles. The van der Waals surface area contributed by atoms with Crippen LogP contribution in [0, 0.1) is 5.92 Å². The maximum absolute atomic E-state index is 12.4. The van der Waals surface area contributed by atoms with Crippen molar-refractivity contribution in [2.75, 3.05) is 19.6 Å². The Morgan fingerprint density at radius 1 is 1.36 bits per heavy atom. The van der Waals surface area contributed by atoms with Gasteiger partial charge in [-0.3, -0.25) is 14.5 Å². The van der Waals surface area contributed by atoms with Crippen molar-refractivity contribution in [2.45, 2.75) is 44.2 Å². The lowest BCUT2D eigenvalue weighted by Crippen LogP contribution is -2.47. The summed E-state index contributed by atoms with van der Waals surface area (Å²) in [5.74, 6) is -0.346. The van der Waals surface area contributed by atoms with Crippen LogP contribution < -0.4 is 16.0 Å². The fraction of sp³-hybridized carbons (Fsp3) is 0.786. The number of carbonyl (C=O) groups is 3. The van der Waals surface area contributed by atoms with Gasteiger partial charge in [-0.1, -0.05) is 0 Å². The zero-order chi connectivity index (χ0) is 15.0. The number of imide groups is 1. The molecule has 0 aromatic heterocycles. The molecular formula is C14H23ClN4O3.